The van der Waals surface area contributed by atoms with E-state index < -0.39 is 5.97 Å². The van der Waals surface area contributed by atoms with Crippen LogP contribution in [0.3, 0.4) is 0 Å². The average molecular weight is 279 g/mol. The molecule has 0 bridgehead atoms. The van der Waals surface area contributed by atoms with Crippen molar-refractivity contribution >= 4 is 5.97 Å². The molecule has 0 aliphatic heterocycles. The fraction of sp³-hybridized carbons (Fsp3) is 0.688. The van der Waals surface area contributed by atoms with E-state index in [1.165, 1.54) is 38.4 Å². The second-order valence-corrected chi connectivity index (χ2v) is 6.52. The second-order valence-electron chi connectivity index (χ2n) is 6.52. The van der Waals surface area contributed by atoms with Crippen molar-refractivity contribution in [3.05, 3.63) is 23.7 Å². The van der Waals surface area contributed by atoms with Gasteiger partial charge in [-0.1, -0.05) is 26.7 Å². The number of rotatable bonds is 7. The van der Waals surface area contributed by atoms with Gasteiger partial charge >= 0.3 is 5.97 Å². The van der Waals surface area contributed by atoms with E-state index in [0.29, 0.717) is 17.7 Å². The molecule has 112 valence electrons. The summed E-state index contributed by atoms with van der Waals surface area (Å²) in [6.07, 6.45) is 7.83. The molecule has 1 aliphatic carbocycles. The maximum atomic E-state index is 10.8. The normalized spacial score (nSPS) is 17.8. The van der Waals surface area contributed by atoms with Crippen LogP contribution < -0.4 is 5.32 Å². The van der Waals surface area contributed by atoms with Gasteiger partial charge in [-0.25, -0.2) is 4.79 Å². The van der Waals surface area contributed by atoms with Crippen molar-refractivity contribution in [2.75, 3.05) is 6.54 Å². The minimum atomic E-state index is -0.938. The summed E-state index contributed by atoms with van der Waals surface area (Å²) in [6, 6.07) is 1.60. The SMILES string of the molecule is CC(C)CC1(CNCc2cc(C(=O)O)co2)CCCC1. The molecular weight excluding hydrogens is 254 g/mol. The summed E-state index contributed by atoms with van der Waals surface area (Å²) in [5, 5.41) is 12.3. The lowest BCUT2D eigenvalue weighted by Crippen LogP contribution is -2.33. The first-order valence-electron chi connectivity index (χ1n) is 7.52. The van der Waals surface area contributed by atoms with Crippen LogP contribution in [-0.2, 0) is 6.54 Å². The Kier molecular flexibility index (Phi) is 4.86. The van der Waals surface area contributed by atoms with Crippen LogP contribution in [0, 0.1) is 11.3 Å². The van der Waals surface area contributed by atoms with Crippen LogP contribution in [0.4, 0.5) is 0 Å². The third-order valence-corrected chi connectivity index (χ3v) is 4.21. The summed E-state index contributed by atoms with van der Waals surface area (Å²) in [7, 11) is 0. The lowest BCUT2D eigenvalue weighted by molar-refractivity contribution is 0.0696. The van der Waals surface area contributed by atoms with Gasteiger partial charge in [0.2, 0.25) is 0 Å². The molecule has 0 atom stereocenters. The lowest BCUT2D eigenvalue weighted by atomic mass is 9.78. The Morgan fingerprint density at radius 2 is 2.15 bits per heavy atom. The van der Waals surface area contributed by atoms with Crippen LogP contribution in [0.1, 0.15) is 62.1 Å². The molecule has 1 heterocycles. The van der Waals surface area contributed by atoms with Crippen molar-refractivity contribution in [1.82, 2.24) is 5.32 Å². The summed E-state index contributed by atoms with van der Waals surface area (Å²) in [5.74, 6) is 0.476. The number of carboxylic acids is 1. The van der Waals surface area contributed by atoms with Crippen molar-refractivity contribution in [2.24, 2.45) is 11.3 Å². The number of carboxylic acid groups (broad SMARTS) is 1. The van der Waals surface area contributed by atoms with E-state index in [9.17, 15) is 4.79 Å². The third-order valence-electron chi connectivity index (χ3n) is 4.21. The standard InChI is InChI=1S/C16H25NO3/c1-12(2)8-16(5-3-4-6-16)11-17-9-14-7-13(10-20-14)15(18)19/h7,10,12,17H,3-6,8-9,11H2,1-2H3,(H,18,19). The Labute approximate surface area is 120 Å². The molecule has 1 saturated carbocycles. The van der Waals surface area contributed by atoms with Gasteiger partial charge in [0.15, 0.2) is 0 Å². The molecule has 1 aliphatic rings. The Morgan fingerprint density at radius 1 is 1.45 bits per heavy atom. The predicted molar refractivity (Wildman–Crippen MR) is 77.7 cm³/mol. The first-order chi connectivity index (χ1) is 9.51. The van der Waals surface area contributed by atoms with Gasteiger partial charge in [-0.05, 0) is 36.7 Å². The molecule has 0 saturated heterocycles. The Morgan fingerprint density at radius 3 is 2.70 bits per heavy atom. The zero-order valence-electron chi connectivity index (χ0n) is 12.4. The number of hydrogen-bond acceptors (Lipinski definition) is 3. The van der Waals surface area contributed by atoms with Crippen LogP contribution in [0.2, 0.25) is 0 Å². The maximum Gasteiger partial charge on any atom is 0.338 e. The quantitative estimate of drug-likeness (QED) is 0.799. The Bertz CT molecular complexity index is 444. The van der Waals surface area contributed by atoms with E-state index in [2.05, 4.69) is 19.2 Å². The van der Waals surface area contributed by atoms with Gasteiger partial charge in [0, 0.05) is 6.54 Å². The fourth-order valence-corrected chi connectivity index (χ4v) is 3.48. The fourth-order valence-electron chi connectivity index (χ4n) is 3.48. The van der Waals surface area contributed by atoms with Crippen molar-refractivity contribution in [2.45, 2.75) is 52.5 Å². The first-order valence-corrected chi connectivity index (χ1v) is 7.52. The van der Waals surface area contributed by atoms with E-state index >= 15 is 0 Å². The van der Waals surface area contributed by atoms with E-state index in [1.54, 1.807) is 6.07 Å². The van der Waals surface area contributed by atoms with Gasteiger partial charge in [-0.2, -0.15) is 0 Å². The smallest absolute Gasteiger partial charge is 0.338 e. The van der Waals surface area contributed by atoms with Crippen LogP contribution >= 0.6 is 0 Å². The summed E-state index contributed by atoms with van der Waals surface area (Å²) in [6.45, 7) is 6.17. The molecule has 1 aromatic rings. The Balaban J connectivity index is 1.85. The third kappa shape index (κ3) is 3.85. The van der Waals surface area contributed by atoms with Crippen LogP contribution in [-0.4, -0.2) is 17.6 Å². The van der Waals surface area contributed by atoms with E-state index in [1.807, 2.05) is 0 Å². The summed E-state index contributed by atoms with van der Waals surface area (Å²) in [5.41, 5.74) is 0.649. The molecule has 4 heteroatoms. The molecule has 0 aromatic carbocycles. The maximum absolute atomic E-state index is 10.8. The topological polar surface area (TPSA) is 62.5 Å². The van der Waals surface area contributed by atoms with Crippen molar-refractivity contribution in [3.8, 4) is 0 Å². The zero-order chi connectivity index (χ0) is 14.6. The minimum Gasteiger partial charge on any atom is -0.478 e. The van der Waals surface area contributed by atoms with Crippen LogP contribution in [0.25, 0.3) is 0 Å². The number of carbonyl (C=O) groups is 1. The largest absolute Gasteiger partial charge is 0.478 e. The number of aromatic carboxylic acids is 1. The molecule has 2 N–H and O–H groups in total. The predicted octanol–water partition coefficient (Wildman–Crippen LogP) is 3.67. The Hall–Kier alpha value is -1.29. The van der Waals surface area contributed by atoms with Crippen molar-refractivity contribution in [1.29, 1.82) is 0 Å². The number of furan rings is 1. The van der Waals surface area contributed by atoms with Crippen LogP contribution in [0.15, 0.2) is 16.7 Å². The molecule has 0 radical (unpaired) electrons. The van der Waals surface area contributed by atoms with E-state index in [4.69, 9.17) is 9.52 Å². The van der Waals surface area contributed by atoms with Gasteiger partial charge in [-0.15, -0.1) is 0 Å². The van der Waals surface area contributed by atoms with Gasteiger partial charge < -0.3 is 14.8 Å². The monoisotopic (exact) mass is 279 g/mol. The number of nitrogens with one attached hydrogen (secondary N) is 1. The van der Waals surface area contributed by atoms with E-state index in [-0.39, 0.29) is 5.56 Å². The molecule has 0 amide bonds. The van der Waals surface area contributed by atoms with Gasteiger partial charge in [0.05, 0.1) is 12.1 Å². The van der Waals surface area contributed by atoms with Gasteiger partial charge in [-0.3, -0.25) is 0 Å². The molecule has 2 rings (SSSR count). The first kappa shape index (κ1) is 15.1. The lowest BCUT2D eigenvalue weighted by Gasteiger charge is -2.31. The highest BCUT2D eigenvalue weighted by atomic mass is 16.4. The van der Waals surface area contributed by atoms with E-state index in [0.717, 1.165) is 12.5 Å². The average Bonchev–Trinajstić information content (AvgIpc) is 2.98. The highest BCUT2D eigenvalue weighted by Crippen LogP contribution is 2.42. The summed E-state index contributed by atoms with van der Waals surface area (Å²) < 4.78 is 5.26. The second kappa shape index (κ2) is 6.44. The molecule has 1 aromatic heterocycles. The highest BCUT2D eigenvalue weighted by molar-refractivity contribution is 5.87. The number of hydrogen-bond donors (Lipinski definition) is 2. The summed E-state index contributed by atoms with van der Waals surface area (Å²) in [4.78, 5) is 10.8. The molecule has 20 heavy (non-hydrogen) atoms. The highest BCUT2D eigenvalue weighted by Gasteiger charge is 2.33. The van der Waals surface area contributed by atoms with Gasteiger partial charge in [0.25, 0.3) is 0 Å². The van der Waals surface area contributed by atoms with Gasteiger partial charge in [0.1, 0.15) is 12.0 Å². The zero-order valence-corrected chi connectivity index (χ0v) is 12.4. The molecule has 0 spiro atoms. The van der Waals surface area contributed by atoms with Crippen molar-refractivity contribution in [3.63, 3.8) is 0 Å². The molecular formula is C16H25NO3. The molecule has 0 unspecified atom stereocenters. The molecule has 4 nitrogen and oxygen atoms in total. The minimum absolute atomic E-state index is 0.222. The molecule has 1 fully saturated rings. The van der Waals surface area contributed by atoms with Crippen LogP contribution in [0.5, 0.6) is 0 Å². The van der Waals surface area contributed by atoms with Crippen molar-refractivity contribution < 1.29 is 14.3 Å². The summed E-state index contributed by atoms with van der Waals surface area (Å²) >= 11 is 0.